The highest BCUT2D eigenvalue weighted by Crippen LogP contribution is 2.33. The molecule has 0 aliphatic carbocycles. The van der Waals surface area contributed by atoms with Crippen LogP contribution in [0.15, 0.2) is 30.7 Å². The third-order valence-corrected chi connectivity index (χ3v) is 2.66. The third-order valence-electron chi connectivity index (χ3n) is 2.66. The van der Waals surface area contributed by atoms with Gasteiger partial charge in [0.15, 0.2) is 0 Å². The number of aromatic carboxylic acids is 1. The van der Waals surface area contributed by atoms with Crippen LogP contribution in [0.25, 0.3) is 5.69 Å². The first kappa shape index (κ1) is 14.6. The van der Waals surface area contributed by atoms with E-state index in [1.165, 1.54) is 12.3 Å². The Morgan fingerprint density at radius 3 is 2.43 bits per heavy atom. The first-order chi connectivity index (χ1) is 9.70. The molecular formula is C12H8F3N3O3. The van der Waals surface area contributed by atoms with E-state index in [9.17, 15) is 22.8 Å². The van der Waals surface area contributed by atoms with E-state index in [4.69, 9.17) is 10.8 Å². The fraction of sp³-hybridized carbons (Fsp3) is 0.0833. The molecule has 0 aliphatic rings. The van der Waals surface area contributed by atoms with Crippen LogP contribution in [0, 0.1) is 0 Å². The molecule has 2 aromatic rings. The number of hydrogen-bond donors (Lipinski definition) is 2. The van der Waals surface area contributed by atoms with Gasteiger partial charge in [0.2, 0.25) is 0 Å². The maximum Gasteiger partial charge on any atom is 0.418 e. The molecule has 0 aromatic carbocycles. The van der Waals surface area contributed by atoms with Crippen LogP contribution < -0.4 is 5.73 Å². The average molecular weight is 299 g/mol. The molecule has 0 aliphatic heterocycles. The van der Waals surface area contributed by atoms with Gasteiger partial charge in [0.05, 0.1) is 11.1 Å². The highest BCUT2D eigenvalue weighted by atomic mass is 19.4. The standard InChI is InChI=1S/C12H8F3N3O3/c13-12(14,15)8-5-18(4-7(8)11(20)21)6-1-2-17-9(3-6)10(16)19/h1-5H,(H2,16,19)(H,20,21). The predicted octanol–water partition coefficient (Wildman–Crippen LogP) is 1.69. The Labute approximate surface area is 115 Å². The van der Waals surface area contributed by atoms with Crippen molar-refractivity contribution in [1.29, 1.82) is 0 Å². The lowest BCUT2D eigenvalue weighted by molar-refractivity contribution is -0.138. The van der Waals surface area contributed by atoms with E-state index in [1.807, 2.05) is 0 Å². The largest absolute Gasteiger partial charge is 0.478 e. The van der Waals surface area contributed by atoms with Crippen molar-refractivity contribution >= 4 is 11.9 Å². The Balaban J connectivity index is 2.58. The van der Waals surface area contributed by atoms with E-state index in [1.54, 1.807) is 0 Å². The maximum atomic E-state index is 12.8. The van der Waals surface area contributed by atoms with Crippen LogP contribution in [-0.4, -0.2) is 26.5 Å². The molecule has 0 spiro atoms. The molecule has 0 unspecified atom stereocenters. The molecule has 0 atom stereocenters. The van der Waals surface area contributed by atoms with E-state index in [0.717, 1.165) is 16.8 Å². The number of primary amides is 1. The smallest absolute Gasteiger partial charge is 0.418 e. The van der Waals surface area contributed by atoms with Crippen molar-refractivity contribution in [2.24, 2.45) is 5.73 Å². The van der Waals surface area contributed by atoms with Crippen LogP contribution in [0.5, 0.6) is 0 Å². The summed E-state index contributed by atoms with van der Waals surface area (Å²) in [5.74, 6) is -2.55. The minimum atomic E-state index is -4.81. The fourth-order valence-electron chi connectivity index (χ4n) is 1.71. The van der Waals surface area contributed by atoms with Gasteiger partial charge in [-0.2, -0.15) is 13.2 Å². The second-order valence-electron chi connectivity index (χ2n) is 4.06. The lowest BCUT2D eigenvalue weighted by atomic mass is 10.2. The van der Waals surface area contributed by atoms with Crippen molar-refractivity contribution in [1.82, 2.24) is 9.55 Å². The number of nitrogens with zero attached hydrogens (tertiary/aromatic N) is 2. The summed E-state index contributed by atoms with van der Waals surface area (Å²) in [5.41, 5.74) is 2.84. The molecule has 2 heterocycles. The molecule has 0 saturated heterocycles. The Kier molecular flexibility index (Phi) is 3.42. The highest BCUT2D eigenvalue weighted by Gasteiger charge is 2.37. The predicted molar refractivity (Wildman–Crippen MR) is 64.0 cm³/mol. The zero-order valence-corrected chi connectivity index (χ0v) is 10.3. The summed E-state index contributed by atoms with van der Waals surface area (Å²) in [7, 11) is 0. The summed E-state index contributed by atoms with van der Waals surface area (Å²) in [4.78, 5) is 25.5. The number of halogens is 3. The van der Waals surface area contributed by atoms with Crippen LogP contribution in [-0.2, 0) is 6.18 Å². The van der Waals surface area contributed by atoms with Crippen molar-refractivity contribution in [3.8, 4) is 5.69 Å². The molecule has 2 aromatic heterocycles. The van der Waals surface area contributed by atoms with Gasteiger partial charge in [-0.1, -0.05) is 0 Å². The van der Waals surface area contributed by atoms with Crippen LogP contribution in [0.4, 0.5) is 13.2 Å². The number of carbonyl (C=O) groups is 2. The topological polar surface area (TPSA) is 98.2 Å². The lowest BCUT2D eigenvalue weighted by Gasteiger charge is -2.05. The Morgan fingerprint density at radius 1 is 1.29 bits per heavy atom. The lowest BCUT2D eigenvalue weighted by Crippen LogP contribution is -2.13. The summed E-state index contributed by atoms with van der Waals surface area (Å²) in [6, 6.07) is 2.48. The van der Waals surface area contributed by atoms with Crippen molar-refractivity contribution in [2.45, 2.75) is 6.18 Å². The number of pyridine rings is 1. The van der Waals surface area contributed by atoms with Gasteiger partial charge in [0, 0.05) is 24.3 Å². The van der Waals surface area contributed by atoms with Gasteiger partial charge in [-0.15, -0.1) is 0 Å². The van der Waals surface area contributed by atoms with E-state index in [0.29, 0.717) is 6.20 Å². The number of aromatic nitrogens is 2. The van der Waals surface area contributed by atoms with Gasteiger partial charge in [-0.25, -0.2) is 4.79 Å². The summed E-state index contributed by atoms with van der Waals surface area (Å²) < 4.78 is 39.3. The van der Waals surface area contributed by atoms with Crippen LogP contribution in [0.3, 0.4) is 0 Å². The number of carbonyl (C=O) groups excluding carboxylic acids is 1. The SMILES string of the molecule is NC(=O)c1cc(-n2cc(C(=O)O)c(C(F)(F)F)c2)ccn1. The maximum absolute atomic E-state index is 12.8. The van der Waals surface area contributed by atoms with E-state index in [-0.39, 0.29) is 11.4 Å². The molecule has 0 radical (unpaired) electrons. The van der Waals surface area contributed by atoms with Gasteiger partial charge in [-0.3, -0.25) is 9.78 Å². The number of nitrogens with two attached hydrogens (primary N) is 1. The van der Waals surface area contributed by atoms with Crippen molar-refractivity contribution < 1.29 is 27.9 Å². The molecule has 9 heteroatoms. The second kappa shape index (κ2) is 4.93. The zero-order chi connectivity index (χ0) is 15.8. The first-order valence-corrected chi connectivity index (χ1v) is 5.49. The fourth-order valence-corrected chi connectivity index (χ4v) is 1.71. The number of hydrogen-bond acceptors (Lipinski definition) is 3. The van der Waals surface area contributed by atoms with Crippen LogP contribution in [0.1, 0.15) is 26.4 Å². The van der Waals surface area contributed by atoms with E-state index < -0.39 is 29.2 Å². The molecule has 0 saturated carbocycles. The van der Waals surface area contributed by atoms with Gasteiger partial charge >= 0.3 is 12.1 Å². The summed E-state index contributed by atoms with van der Waals surface area (Å²) in [5, 5.41) is 8.83. The summed E-state index contributed by atoms with van der Waals surface area (Å²) in [6.45, 7) is 0. The van der Waals surface area contributed by atoms with Gasteiger partial charge in [0.25, 0.3) is 5.91 Å². The Bertz CT molecular complexity index is 722. The molecular weight excluding hydrogens is 291 g/mol. The van der Waals surface area contributed by atoms with Crippen molar-refractivity contribution in [2.75, 3.05) is 0 Å². The van der Waals surface area contributed by atoms with E-state index in [2.05, 4.69) is 4.98 Å². The molecule has 21 heavy (non-hydrogen) atoms. The highest BCUT2D eigenvalue weighted by molar-refractivity contribution is 5.91. The third kappa shape index (κ3) is 2.86. The number of carboxylic acids is 1. The Hall–Kier alpha value is -2.84. The van der Waals surface area contributed by atoms with Gasteiger partial charge in [0.1, 0.15) is 5.69 Å². The van der Waals surface area contributed by atoms with Crippen molar-refractivity contribution in [3.63, 3.8) is 0 Å². The molecule has 0 bridgehead atoms. The van der Waals surface area contributed by atoms with Gasteiger partial charge < -0.3 is 15.4 Å². The quantitative estimate of drug-likeness (QED) is 0.901. The van der Waals surface area contributed by atoms with Gasteiger partial charge in [-0.05, 0) is 12.1 Å². The van der Waals surface area contributed by atoms with Crippen molar-refractivity contribution in [3.05, 3.63) is 47.5 Å². The monoisotopic (exact) mass is 299 g/mol. The molecule has 6 nitrogen and oxygen atoms in total. The second-order valence-corrected chi connectivity index (χ2v) is 4.06. The minimum Gasteiger partial charge on any atom is -0.478 e. The number of carboxylic acid groups (broad SMARTS) is 1. The molecule has 0 fully saturated rings. The van der Waals surface area contributed by atoms with Crippen LogP contribution >= 0.6 is 0 Å². The molecule has 3 N–H and O–H groups in total. The molecule has 1 amide bonds. The Morgan fingerprint density at radius 2 is 1.95 bits per heavy atom. The first-order valence-electron chi connectivity index (χ1n) is 5.49. The summed E-state index contributed by atoms with van der Waals surface area (Å²) in [6.07, 6.45) is -2.18. The van der Waals surface area contributed by atoms with Crippen LogP contribution in [0.2, 0.25) is 0 Å². The normalized spacial score (nSPS) is 11.4. The average Bonchev–Trinajstić information content (AvgIpc) is 2.84. The number of alkyl halides is 3. The summed E-state index contributed by atoms with van der Waals surface area (Å²) >= 11 is 0. The molecule has 110 valence electrons. The van der Waals surface area contributed by atoms with E-state index >= 15 is 0 Å². The number of rotatable bonds is 3. The molecule has 2 rings (SSSR count). The zero-order valence-electron chi connectivity index (χ0n) is 10.3. The minimum absolute atomic E-state index is 0.136. The number of amides is 1.